The molecule has 1 N–H and O–H groups in total. The molecule has 3 aliphatic heterocycles. The van der Waals surface area contributed by atoms with Crippen molar-refractivity contribution in [2.24, 2.45) is 0 Å². The summed E-state index contributed by atoms with van der Waals surface area (Å²) in [6.45, 7) is 1.97. The van der Waals surface area contributed by atoms with Crippen LogP contribution in [0.25, 0.3) is 43.6 Å². The van der Waals surface area contributed by atoms with Gasteiger partial charge >= 0.3 is 6.09 Å². The van der Waals surface area contributed by atoms with E-state index in [1.54, 1.807) is 7.11 Å². The third kappa shape index (κ3) is 2.87. The van der Waals surface area contributed by atoms with Crippen molar-refractivity contribution in [1.82, 2.24) is 19.4 Å². The number of amides is 2. The molecule has 9 heteroatoms. The number of imide groups is 1. The maximum Gasteiger partial charge on any atom is 0.418 e. The van der Waals surface area contributed by atoms with Gasteiger partial charge in [-0.15, -0.1) is 6.42 Å². The fourth-order valence-corrected chi connectivity index (χ4v) is 7.74. The first-order valence-corrected chi connectivity index (χ1v) is 13.8. The number of hydrogen-bond donors (Lipinski definition) is 1. The van der Waals surface area contributed by atoms with Crippen LogP contribution in [-0.2, 0) is 26.5 Å². The van der Waals surface area contributed by atoms with Gasteiger partial charge in [0.15, 0.2) is 12.3 Å². The highest BCUT2D eigenvalue weighted by molar-refractivity contribution is 6.31. The van der Waals surface area contributed by atoms with E-state index in [9.17, 15) is 9.59 Å². The lowest BCUT2D eigenvalue weighted by atomic mass is 9.93. The molecule has 5 aromatic rings. The molecule has 8 rings (SSSR count). The molecule has 2 bridgehead atoms. The molecule has 4 atom stereocenters. The van der Waals surface area contributed by atoms with Crippen LogP contribution in [0.5, 0.6) is 0 Å². The van der Waals surface area contributed by atoms with Crippen molar-refractivity contribution >= 4 is 55.6 Å². The normalized spacial score (nSPS) is 24.9. The Hall–Kier alpha value is -4.36. The molecule has 41 heavy (non-hydrogen) atoms. The van der Waals surface area contributed by atoms with Crippen LogP contribution in [0.2, 0.25) is 0 Å². The maximum absolute atomic E-state index is 14.1. The molecule has 3 aliphatic rings. The largest absolute Gasteiger partial charge is 0.436 e. The predicted octanol–water partition coefficient (Wildman–Crippen LogP) is 4.84. The van der Waals surface area contributed by atoms with Gasteiger partial charge in [0, 0.05) is 41.1 Å². The van der Waals surface area contributed by atoms with Gasteiger partial charge in [-0.3, -0.25) is 4.79 Å². The minimum atomic E-state index is -0.887. The number of carbonyl (C=O) groups excluding carboxylic acids is 2. The average molecular weight is 549 g/mol. The number of aromatic nitrogens is 2. The molecule has 0 spiro atoms. The number of benzene rings is 3. The number of carbonyl (C=O) groups is 2. The zero-order chi connectivity index (χ0) is 28.2. The smallest absolute Gasteiger partial charge is 0.418 e. The Morgan fingerprint density at radius 2 is 1.83 bits per heavy atom. The van der Waals surface area contributed by atoms with Crippen LogP contribution in [0, 0.1) is 12.3 Å². The molecule has 0 radical (unpaired) electrons. The van der Waals surface area contributed by atoms with E-state index >= 15 is 0 Å². The Balaban J connectivity index is 1.60. The molecule has 2 aromatic heterocycles. The highest BCUT2D eigenvalue weighted by atomic mass is 16.6. The molecule has 1 fully saturated rings. The molecule has 0 unspecified atom stereocenters. The standard InChI is InChI=1S/C32H28N4O5/c1-5-14-40-31(38)34-16-19-24-18-11-7-9-13-22(18)36-28(24)27-25(26(19)30(34)37)17-10-6-8-12-21(17)35(27)23-15-20(33-3)29(39-4)32(36,2)41-23/h1,6-13,20,23,29,33H,14-16H2,2-4H3/t20-,23-,29-,32+/m1/s1. The summed E-state index contributed by atoms with van der Waals surface area (Å²) in [5.74, 6) is 1.93. The summed E-state index contributed by atoms with van der Waals surface area (Å²) >= 11 is 0. The highest BCUT2D eigenvalue weighted by Gasteiger charge is 2.53. The van der Waals surface area contributed by atoms with Crippen molar-refractivity contribution in [3.63, 3.8) is 0 Å². The Morgan fingerprint density at radius 1 is 1.12 bits per heavy atom. The molecular weight excluding hydrogens is 520 g/mol. The topological polar surface area (TPSA) is 87.0 Å². The first kappa shape index (κ1) is 24.4. The number of methoxy groups -OCH3 is 1. The number of rotatable bonds is 3. The van der Waals surface area contributed by atoms with Gasteiger partial charge in [-0.25, -0.2) is 9.69 Å². The Bertz CT molecular complexity index is 2020. The first-order valence-electron chi connectivity index (χ1n) is 13.8. The van der Waals surface area contributed by atoms with Crippen molar-refractivity contribution in [1.29, 1.82) is 0 Å². The van der Waals surface area contributed by atoms with Gasteiger partial charge < -0.3 is 28.7 Å². The molecule has 1 saturated heterocycles. The number of nitrogens with zero attached hydrogens (tertiary/aromatic N) is 3. The molecule has 9 nitrogen and oxygen atoms in total. The average Bonchev–Trinajstić information content (AvgIpc) is 3.61. The third-order valence-electron chi connectivity index (χ3n) is 9.22. The van der Waals surface area contributed by atoms with Crippen LogP contribution in [0.4, 0.5) is 4.79 Å². The van der Waals surface area contributed by atoms with Crippen LogP contribution < -0.4 is 5.32 Å². The van der Waals surface area contributed by atoms with Crippen LogP contribution >= 0.6 is 0 Å². The van der Waals surface area contributed by atoms with Crippen LogP contribution in [0.15, 0.2) is 48.5 Å². The van der Waals surface area contributed by atoms with Crippen molar-refractivity contribution in [3.8, 4) is 12.3 Å². The van der Waals surface area contributed by atoms with Gasteiger partial charge in [-0.05, 0) is 31.7 Å². The second-order valence-corrected chi connectivity index (χ2v) is 11.1. The van der Waals surface area contributed by atoms with Gasteiger partial charge in [-0.2, -0.15) is 0 Å². The van der Waals surface area contributed by atoms with E-state index in [4.69, 9.17) is 20.6 Å². The van der Waals surface area contributed by atoms with E-state index in [1.807, 2.05) is 37.4 Å². The number of likely N-dealkylation sites (N-methyl/N-ethyl adjacent to an activating group) is 1. The summed E-state index contributed by atoms with van der Waals surface area (Å²) in [5, 5.41) is 7.15. The van der Waals surface area contributed by atoms with E-state index in [0.717, 1.165) is 49.2 Å². The van der Waals surface area contributed by atoms with Crippen LogP contribution in [0.3, 0.4) is 0 Å². The zero-order valence-electron chi connectivity index (χ0n) is 22.9. The number of hydrogen-bond acceptors (Lipinski definition) is 6. The lowest BCUT2D eigenvalue weighted by molar-refractivity contribution is -0.256. The first-order chi connectivity index (χ1) is 19.9. The van der Waals surface area contributed by atoms with Crippen molar-refractivity contribution in [2.75, 3.05) is 20.8 Å². The molecule has 0 aliphatic carbocycles. The zero-order valence-corrected chi connectivity index (χ0v) is 22.9. The number of ether oxygens (including phenoxy) is 3. The second-order valence-electron chi connectivity index (χ2n) is 11.1. The SMILES string of the molecule is C#CCOC(=O)N1Cc2c(c3c4ccccc4n4c3c3c2c2ccccc2n3[C@@]2(C)O[C@@H]4C[C@@H](NC)[C@H]2OC)C1=O. The summed E-state index contributed by atoms with van der Waals surface area (Å²) in [6, 6.07) is 16.3. The Labute approximate surface area is 235 Å². The number of terminal acetylenes is 1. The summed E-state index contributed by atoms with van der Waals surface area (Å²) in [5.41, 5.74) is 4.26. The number of fused-ring (bicyclic) bond motifs is 13. The van der Waals surface area contributed by atoms with Gasteiger partial charge in [0.05, 0.1) is 34.2 Å². The van der Waals surface area contributed by atoms with Gasteiger partial charge in [0.2, 0.25) is 0 Å². The van der Waals surface area contributed by atoms with Crippen LogP contribution in [0.1, 0.15) is 35.5 Å². The van der Waals surface area contributed by atoms with Crippen molar-refractivity contribution < 1.29 is 23.8 Å². The summed E-state index contributed by atoms with van der Waals surface area (Å²) in [4.78, 5) is 28.4. The van der Waals surface area contributed by atoms with E-state index in [-0.39, 0.29) is 37.4 Å². The predicted molar refractivity (Wildman–Crippen MR) is 155 cm³/mol. The monoisotopic (exact) mass is 548 g/mol. The van der Waals surface area contributed by atoms with Crippen molar-refractivity contribution in [2.45, 2.75) is 44.0 Å². The minimum Gasteiger partial charge on any atom is -0.436 e. The number of nitrogens with one attached hydrogen (secondary N) is 1. The summed E-state index contributed by atoms with van der Waals surface area (Å²) < 4.78 is 23.0. The summed E-state index contributed by atoms with van der Waals surface area (Å²) in [6.07, 6.45) is 4.61. The lowest BCUT2D eigenvalue weighted by Gasteiger charge is -2.48. The van der Waals surface area contributed by atoms with Gasteiger partial charge in [0.1, 0.15) is 12.3 Å². The quantitative estimate of drug-likeness (QED) is 0.325. The highest BCUT2D eigenvalue weighted by Crippen LogP contribution is 2.54. The van der Waals surface area contributed by atoms with Crippen LogP contribution in [-0.4, -0.2) is 58.9 Å². The van der Waals surface area contributed by atoms with Crippen molar-refractivity contribution in [3.05, 3.63) is 59.7 Å². The third-order valence-corrected chi connectivity index (χ3v) is 9.22. The van der Waals surface area contributed by atoms with E-state index in [2.05, 4.69) is 45.5 Å². The maximum atomic E-state index is 14.1. The molecule has 5 heterocycles. The minimum absolute atomic E-state index is 0.000354. The van der Waals surface area contributed by atoms with Gasteiger partial charge in [0.25, 0.3) is 5.91 Å². The molecule has 206 valence electrons. The second kappa shape index (κ2) is 8.33. The molecular formula is C32H28N4O5. The summed E-state index contributed by atoms with van der Waals surface area (Å²) in [7, 11) is 3.68. The Kier molecular flexibility index (Phi) is 4.97. The number of para-hydroxylation sites is 2. The molecule has 0 saturated carbocycles. The van der Waals surface area contributed by atoms with Gasteiger partial charge in [-0.1, -0.05) is 42.3 Å². The fraction of sp³-hybridized carbons (Fsp3) is 0.312. The molecule has 2 amide bonds. The van der Waals surface area contributed by atoms with E-state index in [0.29, 0.717) is 12.0 Å². The fourth-order valence-electron chi connectivity index (χ4n) is 7.74. The lowest BCUT2D eigenvalue weighted by Crippen LogP contribution is -2.59. The molecule has 3 aromatic carbocycles. The van der Waals surface area contributed by atoms with E-state index < -0.39 is 11.8 Å². The Morgan fingerprint density at radius 3 is 2.54 bits per heavy atom. The van der Waals surface area contributed by atoms with E-state index in [1.165, 1.54) is 4.90 Å².